The van der Waals surface area contributed by atoms with Gasteiger partial charge in [0, 0.05) is 25.9 Å². The molecule has 15 heavy (non-hydrogen) atoms. The van der Waals surface area contributed by atoms with Crippen molar-refractivity contribution in [3.63, 3.8) is 0 Å². The van der Waals surface area contributed by atoms with E-state index >= 15 is 0 Å². The average molecular weight is 205 g/mol. The van der Waals surface area contributed by atoms with Crippen LogP contribution in [0.25, 0.3) is 0 Å². The predicted molar refractivity (Wildman–Crippen MR) is 56.9 cm³/mol. The molecule has 1 heterocycles. The Labute approximate surface area is 87.5 Å². The Morgan fingerprint density at radius 2 is 2.00 bits per heavy atom. The first kappa shape index (κ1) is 9.71. The molecule has 0 fully saturated rings. The van der Waals surface area contributed by atoms with Crippen LogP contribution in [0.5, 0.6) is 0 Å². The largest absolute Gasteiger partial charge is 0.365 e. The molecule has 2 rings (SSSR count). The molecule has 0 saturated carbocycles. The molecule has 78 valence electrons. The fourth-order valence-corrected chi connectivity index (χ4v) is 1.30. The van der Waals surface area contributed by atoms with Gasteiger partial charge in [-0.25, -0.2) is 4.39 Å². The second-order valence-electron chi connectivity index (χ2n) is 3.35. The van der Waals surface area contributed by atoms with E-state index < -0.39 is 0 Å². The lowest BCUT2D eigenvalue weighted by Gasteiger charge is -2.02. The molecule has 1 aromatic carbocycles. The first-order valence-electron chi connectivity index (χ1n) is 4.72. The Hall–Kier alpha value is -1.84. The topological polar surface area (TPSA) is 29.9 Å². The molecule has 2 aromatic rings. The van der Waals surface area contributed by atoms with Gasteiger partial charge in [-0.05, 0) is 17.7 Å². The van der Waals surface area contributed by atoms with Crippen molar-refractivity contribution < 1.29 is 4.39 Å². The molecule has 0 saturated heterocycles. The van der Waals surface area contributed by atoms with Crippen LogP contribution in [0.15, 0.2) is 36.5 Å². The van der Waals surface area contributed by atoms with E-state index in [1.54, 1.807) is 16.8 Å². The monoisotopic (exact) mass is 205 g/mol. The van der Waals surface area contributed by atoms with Crippen molar-refractivity contribution in [3.05, 3.63) is 47.9 Å². The molecular weight excluding hydrogens is 193 g/mol. The van der Waals surface area contributed by atoms with Crippen molar-refractivity contribution >= 4 is 5.82 Å². The molecule has 0 amide bonds. The van der Waals surface area contributed by atoms with Crippen LogP contribution in [-0.4, -0.2) is 9.78 Å². The summed E-state index contributed by atoms with van der Waals surface area (Å²) in [5.41, 5.74) is 1.03. The summed E-state index contributed by atoms with van der Waals surface area (Å²) < 4.78 is 14.3. The molecule has 1 N–H and O–H groups in total. The maximum absolute atomic E-state index is 12.6. The van der Waals surface area contributed by atoms with Gasteiger partial charge in [0.25, 0.3) is 0 Å². The maximum Gasteiger partial charge on any atom is 0.148 e. The van der Waals surface area contributed by atoms with Gasteiger partial charge in [0.15, 0.2) is 0 Å². The van der Waals surface area contributed by atoms with E-state index in [2.05, 4.69) is 10.4 Å². The number of hydrogen-bond donors (Lipinski definition) is 1. The van der Waals surface area contributed by atoms with Crippen LogP contribution in [-0.2, 0) is 13.6 Å². The highest BCUT2D eigenvalue weighted by atomic mass is 19.1. The Balaban J connectivity index is 1.96. The lowest BCUT2D eigenvalue weighted by atomic mass is 10.2. The van der Waals surface area contributed by atoms with Crippen LogP contribution in [0.1, 0.15) is 5.56 Å². The van der Waals surface area contributed by atoms with E-state index in [1.807, 2.05) is 19.3 Å². The fourth-order valence-electron chi connectivity index (χ4n) is 1.30. The molecule has 0 aliphatic carbocycles. The second-order valence-corrected chi connectivity index (χ2v) is 3.35. The standard InChI is InChI=1S/C11H12FN3/c1-15-7-6-11(14-15)13-8-9-2-4-10(12)5-3-9/h2-7H,8H2,1H3,(H,13,14). The number of aromatic nitrogens is 2. The number of benzene rings is 1. The van der Waals surface area contributed by atoms with Gasteiger partial charge in [0.05, 0.1) is 0 Å². The van der Waals surface area contributed by atoms with Gasteiger partial charge >= 0.3 is 0 Å². The van der Waals surface area contributed by atoms with Gasteiger partial charge in [0.2, 0.25) is 0 Å². The molecule has 0 bridgehead atoms. The van der Waals surface area contributed by atoms with Gasteiger partial charge in [0.1, 0.15) is 11.6 Å². The molecule has 0 radical (unpaired) electrons. The zero-order valence-corrected chi connectivity index (χ0v) is 8.44. The maximum atomic E-state index is 12.6. The molecule has 0 aliphatic heterocycles. The van der Waals surface area contributed by atoms with Crippen LogP contribution >= 0.6 is 0 Å². The minimum Gasteiger partial charge on any atom is -0.365 e. The molecule has 0 spiro atoms. The molecule has 0 atom stereocenters. The van der Waals surface area contributed by atoms with Gasteiger partial charge in [-0.3, -0.25) is 4.68 Å². The van der Waals surface area contributed by atoms with E-state index in [-0.39, 0.29) is 5.82 Å². The smallest absolute Gasteiger partial charge is 0.148 e. The molecule has 3 nitrogen and oxygen atoms in total. The Kier molecular flexibility index (Phi) is 2.67. The molecule has 0 unspecified atom stereocenters. The minimum absolute atomic E-state index is 0.211. The first-order chi connectivity index (χ1) is 7.24. The van der Waals surface area contributed by atoms with E-state index in [4.69, 9.17) is 0 Å². The van der Waals surface area contributed by atoms with Crippen molar-refractivity contribution in [2.24, 2.45) is 7.05 Å². The fraction of sp³-hybridized carbons (Fsp3) is 0.182. The van der Waals surface area contributed by atoms with Crippen LogP contribution in [0.2, 0.25) is 0 Å². The number of nitrogens with zero attached hydrogens (tertiary/aromatic N) is 2. The van der Waals surface area contributed by atoms with Crippen molar-refractivity contribution in [2.45, 2.75) is 6.54 Å². The van der Waals surface area contributed by atoms with E-state index in [0.717, 1.165) is 11.4 Å². The summed E-state index contributed by atoms with van der Waals surface area (Å²) in [6, 6.07) is 8.31. The highest BCUT2D eigenvalue weighted by Gasteiger charge is 1.96. The summed E-state index contributed by atoms with van der Waals surface area (Å²) >= 11 is 0. The van der Waals surface area contributed by atoms with Gasteiger partial charge in [-0.1, -0.05) is 12.1 Å². The zero-order valence-electron chi connectivity index (χ0n) is 8.44. The summed E-state index contributed by atoms with van der Waals surface area (Å²) in [5.74, 6) is 0.610. The van der Waals surface area contributed by atoms with Crippen LogP contribution in [0.3, 0.4) is 0 Å². The first-order valence-corrected chi connectivity index (χ1v) is 4.72. The number of anilines is 1. The summed E-state index contributed by atoms with van der Waals surface area (Å²) in [7, 11) is 1.86. The third-order valence-electron chi connectivity index (χ3n) is 2.10. The van der Waals surface area contributed by atoms with Crippen LogP contribution in [0.4, 0.5) is 10.2 Å². The summed E-state index contributed by atoms with van der Waals surface area (Å²) in [4.78, 5) is 0. The highest BCUT2D eigenvalue weighted by molar-refractivity contribution is 5.33. The van der Waals surface area contributed by atoms with Crippen LogP contribution in [0, 0.1) is 5.82 Å². The van der Waals surface area contributed by atoms with Crippen molar-refractivity contribution in [2.75, 3.05) is 5.32 Å². The third-order valence-corrected chi connectivity index (χ3v) is 2.10. The number of halogens is 1. The van der Waals surface area contributed by atoms with Crippen molar-refractivity contribution in [1.82, 2.24) is 9.78 Å². The van der Waals surface area contributed by atoms with E-state index in [9.17, 15) is 4.39 Å². The van der Waals surface area contributed by atoms with E-state index in [1.165, 1.54) is 12.1 Å². The molecule has 4 heteroatoms. The van der Waals surface area contributed by atoms with Gasteiger partial charge in [-0.15, -0.1) is 0 Å². The lowest BCUT2D eigenvalue weighted by Crippen LogP contribution is -2.00. The van der Waals surface area contributed by atoms with Crippen molar-refractivity contribution in [1.29, 1.82) is 0 Å². The van der Waals surface area contributed by atoms with Crippen molar-refractivity contribution in [3.8, 4) is 0 Å². The molecule has 1 aromatic heterocycles. The van der Waals surface area contributed by atoms with Gasteiger partial charge < -0.3 is 5.32 Å². The predicted octanol–water partition coefficient (Wildman–Crippen LogP) is 2.17. The average Bonchev–Trinajstić information content (AvgIpc) is 2.64. The summed E-state index contributed by atoms with van der Waals surface area (Å²) in [5, 5.41) is 7.32. The SMILES string of the molecule is Cn1ccc(NCc2ccc(F)cc2)n1. The Morgan fingerprint density at radius 1 is 1.27 bits per heavy atom. The number of aryl methyl sites for hydroxylation is 1. The molecule has 0 aliphatic rings. The second kappa shape index (κ2) is 4.13. The van der Waals surface area contributed by atoms with Crippen LogP contribution < -0.4 is 5.32 Å². The third kappa shape index (κ3) is 2.56. The number of hydrogen-bond acceptors (Lipinski definition) is 2. The Bertz CT molecular complexity index is 433. The Morgan fingerprint density at radius 3 is 2.60 bits per heavy atom. The lowest BCUT2D eigenvalue weighted by molar-refractivity contribution is 0.627. The summed E-state index contributed by atoms with van der Waals surface area (Å²) in [6.07, 6.45) is 1.87. The normalized spacial score (nSPS) is 10.3. The highest BCUT2D eigenvalue weighted by Crippen LogP contribution is 2.06. The van der Waals surface area contributed by atoms with E-state index in [0.29, 0.717) is 6.54 Å². The number of rotatable bonds is 3. The molecular formula is C11H12FN3. The quantitative estimate of drug-likeness (QED) is 0.832. The minimum atomic E-state index is -0.211. The number of nitrogens with one attached hydrogen (secondary N) is 1. The van der Waals surface area contributed by atoms with Gasteiger partial charge in [-0.2, -0.15) is 5.10 Å². The summed E-state index contributed by atoms with van der Waals surface area (Å²) in [6.45, 7) is 0.650. The zero-order chi connectivity index (χ0) is 10.7.